The minimum Gasteiger partial charge on any atom is -0.507 e. The third kappa shape index (κ3) is 5.12. The van der Waals surface area contributed by atoms with Gasteiger partial charge in [0.15, 0.2) is 23.0 Å². The van der Waals surface area contributed by atoms with Crippen LogP contribution < -0.4 is 29.0 Å². The molecule has 0 saturated heterocycles. The number of methoxy groups -OCH3 is 4. The van der Waals surface area contributed by atoms with E-state index in [1.165, 1.54) is 16.7 Å². The van der Waals surface area contributed by atoms with Crippen molar-refractivity contribution in [3.63, 3.8) is 0 Å². The Balaban J connectivity index is 1.51. The van der Waals surface area contributed by atoms with Gasteiger partial charge in [-0.05, 0) is 110 Å². The molecule has 8 heteroatoms. The smallest absolute Gasteiger partial charge is 0.204 e. The lowest BCUT2D eigenvalue weighted by molar-refractivity contribution is 0.221. The summed E-state index contributed by atoms with van der Waals surface area (Å²) in [7, 11) is 8.84. The highest BCUT2D eigenvalue weighted by Gasteiger charge is 2.34. The highest BCUT2D eigenvalue weighted by molar-refractivity contribution is 5.77. The average Bonchev–Trinajstić information content (AvgIpc) is 3.06. The second-order valence-corrected chi connectivity index (χ2v) is 12.1. The van der Waals surface area contributed by atoms with Crippen LogP contribution in [0.1, 0.15) is 45.5 Å². The van der Waals surface area contributed by atoms with E-state index in [-0.39, 0.29) is 17.8 Å². The van der Waals surface area contributed by atoms with Crippen LogP contribution in [0.5, 0.6) is 40.2 Å². The van der Waals surface area contributed by atoms with Gasteiger partial charge in [0, 0.05) is 35.3 Å². The first-order valence-corrected chi connectivity index (χ1v) is 15.5. The number of nitrogens with zero attached hydrogens (tertiary/aromatic N) is 1. The Kier molecular flexibility index (Phi) is 7.71. The first-order valence-electron chi connectivity index (χ1n) is 15.5. The first kappa shape index (κ1) is 29.3. The number of benzene rings is 4. The molecule has 3 aliphatic rings. The highest BCUT2D eigenvalue weighted by atomic mass is 16.5. The SMILES string of the molecule is COc1cc2c3cc1Oc1c(OC)c(OC)cc4c1[C@H](Cc1ccc(OC)c(c1)-c1cc(ccc1O)C[C@H]3NCC2)N(C)CC4. The lowest BCUT2D eigenvalue weighted by Crippen LogP contribution is -2.34. The van der Waals surface area contributed by atoms with Gasteiger partial charge in [-0.15, -0.1) is 0 Å². The van der Waals surface area contributed by atoms with Gasteiger partial charge in [-0.3, -0.25) is 4.90 Å². The molecule has 4 aromatic rings. The maximum Gasteiger partial charge on any atom is 0.204 e. The molecule has 0 unspecified atom stereocenters. The van der Waals surface area contributed by atoms with E-state index in [1.807, 2.05) is 12.1 Å². The van der Waals surface area contributed by atoms with Crippen LogP contribution >= 0.6 is 0 Å². The van der Waals surface area contributed by atoms with Gasteiger partial charge in [0.25, 0.3) is 0 Å². The molecule has 0 amide bonds. The number of hydrogen-bond donors (Lipinski definition) is 2. The Morgan fingerprint density at radius 2 is 1.51 bits per heavy atom. The summed E-state index contributed by atoms with van der Waals surface area (Å²) in [6, 6.07) is 18.5. The standard InChI is InChI=1S/C37H40N2O6/c1-39-13-11-24-19-34(43-4)36(44-5)37-35(24)29(39)17-22-7-9-31(41-2)27(15-22)26-14-21(6-8-30(26)40)16-28-25-20-33(45-37)32(42-3)18-23(25)10-12-38-28/h6-9,14-15,18-20,28-29,38,40H,10-13,16-17H2,1-5H3/t28-,29+/m1/s1. The van der Waals surface area contributed by atoms with E-state index in [0.29, 0.717) is 35.2 Å². The molecule has 3 aliphatic heterocycles. The Labute approximate surface area is 264 Å². The number of hydrogen-bond acceptors (Lipinski definition) is 8. The predicted molar refractivity (Wildman–Crippen MR) is 174 cm³/mol. The van der Waals surface area contributed by atoms with Crippen molar-refractivity contribution in [3.8, 4) is 51.4 Å². The number of ether oxygens (including phenoxy) is 5. The van der Waals surface area contributed by atoms with Gasteiger partial charge in [0.05, 0.1) is 28.4 Å². The van der Waals surface area contributed by atoms with Crippen molar-refractivity contribution in [2.24, 2.45) is 0 Å². The Hall–Kier alpha value is -4.40. The lowest BCUT2D eigenvalue weighted by Gasteiger charge is -2.37. The Morgan fingerprint density at radius 3 is 2.29 bits per heavy atom. The van der Waals surface area contributed by atoms with Crippen LogP contribution in [0.15, 0.2) is 54.6 Å². The van der Waals surface area contributed by atoms with Crippen LogP contribution in [-0.4, -0.2) is 58.6 Å². The number of likely N-dealkylation sites (N-methyl/N-ethyl adjacent to an activating group) is 1. The fourth-order valence-electron chi connectivity index (χ4n) is 7.29. The maximum atomic E-state index is 11.1. The summed E-state index contributed by atoms with van der Waals surface area (Å²) in [4.78, 5) is 2.37. The zero-order chi connectivity index (χ0) is 31.2. The van der Waals surface area contributed by atoms with Crippen LogP contribution in [-0.2, 0) is 25.7 Å². The molecule has 4 aromatic carbocycles. The second-order valence-electron chi connectivity index (χ2n) is 12.1. The van der Waals surface area contributed by atoms with Gasteiger partial charge in [0.2, 0.25) is 5.75 Å². The third-order valence-corrected chi connectivity index (χ3v) is 9.63. The Bertz CT molecular complexity index is 1770. The quantitative estimate of drug-likeness (QED) is 0.276. The molecule has 6 bridgehead atoms. The molecule has 0 aliphatic carbocycles. The fraction of sp³-hybridized carbons (Fsp3) is 0.351. The normalized spacial score (nSPS) is 18.8. The van der Waals surface area contributed by atoms with Gasteiger partial charge in [-0.1, -0.05) is 12.1 Å². The van der Waals surface area contributed by atoms with Crippen molar-refractivity contribution in [1.29, 1.82) is 0 Å². The molecular formula is C37H40N2O6. The lowest BCUT2D eigenvalue weighted by atomic mass is 9.86. The molecule has 45 heavy (non-hydrogen) atoms. The summed E-state index contributed by atoms with van der Waals surface area (Å²) in [5.41, 5.74) is 8.50. The van der Waals surface area contributed by atoms with Gasteiger partial charge in [0.1, 0.15) is 11.5 Å². The molecule has 2 N–H and O–H groups in total. The van der Waals surface area contributed by atoms with E-state index >= 15 is 0 Å². The average molecular weight is 609 g/mol. The van der Waals surface area contributed by atoms with E-state index in [2.05, 4.69) is 53.7 Å². The maximum absolute atomic E-state index is 11.1. The van der Waals surface area contributed by atoms with E-state index in [4.69, 9.17) is 23.7 Å². The summed E-state index contributed by atoms with van der Waals surface area (Å²) in [6.07, 6.45) is 3.18. The molecule has 0 radical (unpaired) electrons. The molecule has 7 rings (SSSR count). The van der Waals surface area contributed by atoms with Crippen molar-refractivity contribution in [2.45, 2.75) is 37.8 Å². The van der Waals surface area contributed by atoms with Crippen LogP contribution in [0.4, 0.5) is 0 Å². The van der Waals surface area contributed by atoms with Crippen molar-refractivity contribution < 1.29 is 28.8 Å². The monoisotopic (exact) mass is 608 g/mol. The number of phenols is 1. The van der Waals surface area contributed by atoms with Gasteiger partial charge in [-0.25, -0.2) is 0 Å². The minimum absolute atomic E-state index is 0.0179. The van der Waals surface area contributed by atoms with E-state index in [1.54, 1.807) is 34.5 Å². The zero-order valence-corrected chi connectivity index (χ0v) is 26.5. The second kappa shape index (κ2) is 11.8. The molecule has 2 atom stereocenters. The summed E-state index contributed by atoms with van der Waals surface area (Å²) >= 11 is 0. The van der Waals surface area contributed by atoms with Crippen molar-refractivity contribution >= 4 is 0 Å². The summed E-state index contributed by atoms with van der Waals surface area (Å²) in [6.45, 7) is 1.74. The fourth-order valence-corrected chi connectivity index (χ4v) is 7.29. The molecule has 0 spiro atoms. The molecule has 0 aromatic heterocycles. The number of fused-ring (bicyclic) bond motifs is 6. The highest BCUT2D eigenvalue weighted by Crippen LogP contribution is 2.52. The first-order chi connectivity index (χ1) is 21.9. The van der Waals surface area contributed by atoms with Crippen molar-refractivity contribution in [2.75, 3.05) is 48.6 Å². The molecule has 0 saturated carbocycles. The van der Waals surface area contributed by atoms with E-state index in [9.17, 15) is 5.11 Å². The molecule has 8 nitrogen and oxygen atoms in total. The van der Waals surface area contributed by atoms with Crippen LogP contribution in [0, 0.1) is 0 Å². The summed E-state index contributed by atoms with van der Waals surface area (Å²) in [5.74, 6) is 4.11. The van der Waals surface area contributed by atoms with Gasteiger partial charge < -0.3 is 34.1 Å². The Morgan fingerprint density at radius 1 is 0.778 bits per heavy atom. The number of nitrogens with one attached hydrogen (secondary N) is 1. The van der Waals surface area contributed by atoms with Gasteiger partial charge in [-0.2, -0.15) is 0 Å². The number of phenolic OH excluding ortho intramolecular Hbond substituents is 1. The molecule has 234 valence electrons. The summed E-state index contributed by atoms with van der Waals surface area (Å²) in [5, 5.41) is 14.9. The van der Waals surface area contributed by atoms with Crippen molar-refractivity contribution in [1.82, 2.24) is 10.2 Å². The van der Waals surface area contributed by atoms with Crippen LogP contribution in [0.2, 0.25) is 0 Å². The summed E-state index contributed by atoms with van der Waals surface area (Å²) < 4.78 is 30.6. The van der Waals surface area contributed by atoms with E-state index < -0.39 is 0 Å². The topological polar surface area (TPSA) is 81.7 Å². The number of aromatic hydroxyl groups is 1. The zero-order valence-electron chi connectivity index (χ0n) is 26.5. The van der Waals surface area contributed by atoms with Crippen LogP contribution in [0.25, 0.3) is 11.1 Å². The molecule has 3 heterocycles. The molecular weight excluding hydrogens is 568 g/mol. The third-order valence-electron chi connectivity index (χ3n) is 9.63. The largest absolute Gasteiger partial charge is 0.507 e. The minimum atomic E-state index is -0.0179. The predicted octanol–water partition coefficient (Wildman–Crippen LogP) is 6.40. The van der Waals surface area contributed by atoms with Crippen LogP contribution in [0.3, 0.4) is 0 Å². The van der Waals surface area contributed by atoms with E-state index in [0.717, 1.165) is 65.9 Å². The van der Waals surface area contributed by atoms with Crippen molar-refractivity contribution in [3.05, 3.63) is 88.0 Å². The number of rotatable bonds is 4. The molecule has 0 fully saturated rings. The van der Waals surface area contributed by atoms with Gasteiger partial charge >= 0.3 is 0 Å².